The topological polar surface area (TPSA) is 144 Å². The monoisotopic (exact) mass is 549 g/mol. The predicted molar refractivity (Wildman–Crippen MR) is 151 cm³/mol. The van der Waals surface area contributed by atoms with Crippen LogP contribution >= 0.6 is 11.6 Å². The molecular formula is C25H36ClN7O3S. The first-order chi connectivity index (χ1) is 17.5. The molecule has 1 aromatic heterocycles. The highest BCUT2D eigenvalue weighted by Gasteiger charge is 2.24. The second kappa shape index (κ2) is 12.6. The highest BCUT2D eigenvalue weighted by atomic mass is 35.5. The molecule has 0 radical (unpaired) electrons. The number of nitrogens with zero attached hydrogens (tertiary/aromatic N) is 3. The summed E-state index contributed by atoms with van der Waals surface area (Å²) in [6, 6.07) is 6.13. The molecule has 0 saturated carbocycles. The van der Waals surface area contributed by atoms with Crippen molar-refractivity contribution in [3.05, 3.63) is 45.7 Å². The quantitative estimate of drug-likeness (QED) is 0.320. The molecule has 1 fully saturated rings. The molecule has 0 atom stereocenters. The third-order valence-corrected chi connectivity index (χ3v) is 8.22. The molecule has 2 heterocycles. The average molecular weight is 550 g/mol. The molecule has 0 spiro atoms. The maximum Gasteiger partial charge on any atom is 0.229 e. The van der Waals surface area contributed by atoms with Crippen molar-refractivity contribution >= 4 is 45.1 Å². The number of sulfone groups is 1. The molecule has 0 bridgehead atoms. The summed E-state index contributed by atoms with van der Waals surface area (Å²) in [6.07, 6.45) is 4.86. The number of halogens is 1. The fourth-order valence-electron chi connectivity index (χ4n) is 3.86. The van der Waals surface area contributed by atoms with Gasteiger partial charge in [0.05, 0.1) is 28.9 Å². The Bertz CT molecular complexity index is 1260. The summed E-state index contributed by atoms with van der Waals surface area (Å²) >= 11 is 6.33. The van der Waals surface area contributed by atoms with E-state index in [1.54, 1.807) is 13.8 Å². The smallest absolute Gasteiger partial charge is 0.229 e. The van der Waals surface area contributed by atoms with Gasteiger partial charge in [0.2, 0.25) is 5.95 Å². The second-order valence-corrected chi connectivity index (χ2v) is 12.2. The standard InChI is InChI=1S/C25H36ClN7O3S/c1-15(2)36-22-12-18(17-8-10-29-11-9-17)6-7-20(22)32-25-30-13-19(26)24(33-25)31-21(14-28-5)23(27)37(34,35)16(3)4/h6-7,12-17,29H,8-11,27H2,1-5H3,(H2,30,31,32,33). The lowest BCUT2D eigenvalue weighted by Gasteiger charge is -2.24. The number of aromatic nitrogens is 2. The van der Waals surface area contributed by atoms with Gasteiger partial charge in [-0.1, -0.05) is 17.7 Å². The lowest BCUT2D eigenvalue weighted by Crippen LogP contribution is -2.26. The van der Waals surface area contributed by atoms with Gasteiger partial charge in [-0.15, -0.1) is 0 Å². The maximum atomic E-state index is 12.6. The molecule has 0 aliphatic carbocycles. The highest BCUT2D eigenvalue weighted by molar-refractivity contribution is 7.95. The first-order valence-electron chi connectivity index (χ1n) is 12.3. The number of hydrogen-bond donors (Lipinski definition) is 4. The zero-order valence-electron chi connectivity index (χ0n) is 21.9. The Balaban J connectivity index is 1.93. The summed E-state index contributed by atoms with van der Waals surface area (Å²) in [5, 5.41) is 8.62. The van der Waals surface area contributed by atoms with Crippen LogP contribution in [0.2, 0.25) is 5.02 Å². The van der Waals surface area contributed by atoms with Crippen molar-refractivity contribution in [2.75, 3.05) is 30.8 Å². The molecule has 202 valence electrons. The Morgan fingerprint density at radius 2 is 1.97 bits per heavy atom. The van der Waals surface area contributed by atoms with Crippen LogP contribution in [0.5, 0.6) is 5.75 Å². The Hall–Kier alpha value is -2.89. The Kier molecular flexibility index (Phi) is 9.74. The number of benzene rings is 1. The van der Waals surface area contributed by atoms with Gasteiger partial charge in [0.1, 0.15) is 10.8 Å². The minimum absolute atomic E-state index is 0.0286. The SMILES string of the molecule is CN=CC(Nc1nc(Nc2ccc(C3CCNCC3)cc2OC(C)C)ncc1Cl)=C(N)S(=O)(=O)C(C)C. The fourth-order valence-corrected chi connectivity index (χ4v) is 4.92. The van der Waals surface area contributed by atoms with E-state index in [1.165, 1.54) is 25.0 Å². The average Bonchev–Trinajstić information content (AvgIpc) is 2.86. The van der Waals surface area contributed by atoms with E-state index < -0.39 is 15.1 Å². The Morgan fingerprint density at radius 1 is 1.27 bits per heavy atom. The van der Waals surface area contributed by atoms with E-state index in [-0.39, 0.29) is 33.6 Å². The van der Waals surface area contributed by atoms with Gasteiger partial charge in [0.15, 0.2) is 20.7 Å². The molecular weight excluding hydrogens is 514 g/mol. The van der Waals surface area contributed by atoms with Gasteiger partial charge in [-0.25, -0.2) is 13.4 Å². The van der Waals surface area contributed by atoms with Crippen molar-refractivity contribution < 1.29 is 13.2 Å². The van der Waals surface area contributed by atoms with Crippen LogP contribution in [-0.2, 0) is 9.84 Å². The van der Waals surface area contributed by atoms with Gasteiger partial charge in [-0.3, -0.25) is 4.99 Å². The number of hydrogen-bond acceptors (Lipinski definition) is 10. The van der Waals surface area contributed by atoms with E-state index in [9.17, 15) is 8.42 Å². The molecule has 12 heteroatoms. The van der Waals surface area contributed by atoms with Crippen LogP contribution in [0.4, 0.5) is 17.5 Å². The van der Waals surface area contributed by atoms with E-state index in [2.05, 4.69) is 43.0 Å². The van der Waals surface area contributed by atoms with Gasteiger partial charge >= 0.3 is 0 Å². The lowest BCUT2D eigenvalue weighted by molar-refractivity contribution is 0.243. The van der Waals surface area contributed by atoms with Crippen molar-refractivity contribution in [1.29, 1.82) is 0 Å². The van der Waals surface area contributed by atoms with Crippen LogP contribution in [-0.4, -0.2) is 56.1 Å². The summed E-state index contributed by atoms with van der Waals surface area (Å²) in [4.78, 5) is 12.7. The maximum absolute atomic E-state index is 12.6. The zero-order valence-corrected chi connectivity index (χ0v) is 23.4. The molecule has 2 aromatic rings. The number of ether oxygens (including phenoxy) is 1. The van der Waals surface area contributed by atoms with Crippen molar-refractivity contribution in [3.8, 4) is 5.75 Å². The molecule has 0 unspecified atom stereocenters. The zero-order chi connectivity index (χ0) is 27.2. The van der Waals surface area contributed by atoms with Gasteiger partial charge in [-0.05, 0) is 77.2 Å². The number of nitrogens with two attached hydrogens (primary N) is 1. The van der Waals surface area contributed by atoms with Crippen LogP contribution in [0.1, 0.15) is 52.0 Å². The van der Waals surface area contributed by atoms with E-state index in [1.807, 2.05) is 19.9 Å². The number of rotatable bonds is 10. The minimum Gasteiger partial charge on any atom is -0.489 e. The lowest BCUT2D eigenvalue weighted by atomic mass is 9.90. The second-order valence-electron chi connectivity index (χ2n) is 9.35. The highest BCUT2D eigenvalue weighted by Crippen LogP contribution is 2.35. The summed E-state index contributed by atoms with van der Waals surface area (Å²) < 4.78 is 31.3. The molecule has 1 aromatic carbocycles. The predicted octanol–water partition coefficient (Wildman–Crippen LogP) is 4.19. The summed E-state index contributed by atoms with van der Waals surface area (Å²) in [6.45, 7) is 9.05. The summed E-state index contributed by atoms with van der Waals surface area (Å²) in [5.41, 5.74) is 8.00. The fraction of sp³-hybridized carbons (Fsp3) is 0.480. The van der Waals surface area contributed by atoms with Crippen molar-refractivity contribution in [2.24, 2.45) is 10.7 Å². The van der Waals surface area contributed by atoms with Gasteiger partial charge in [0, 0.05) is 13.3 Å². The van der Waals surface area contributed by atoms with Crippen LogP contribution in [0.15, 0.2) is 40.1 Å². The van der Waals surface area contributed by atoms with Gasteiger partial charge < -0.3 is 26.4 Å². The van der Waals surface area contributed by atoms with Crippen molar-refractivity contribution in [1.82, 2.24) is 15.3 Å². The number of anilines is 3. The van der Waals surface area contributed by atoms with Crippen molar-refractivity contribution in [3.63, 3.8) is 0 Å². The van der Waals surface area contributed by atoms with E-state index in [0.29, 0.717) is 17.4 Å². The third-order valence-electron chi connectivity index (χ3n) is 5.87. The number of aliphatic imine (C=N–C) groups is 1. The normalized spacial score (nSPS) is 15.8. The molecule has 10 nitrogen and oxygen atoms in total. The van der Waals surface area contributed by atoms with Crippen molar-refractivity contribution in [2.45, 2.75) is 57.8 Å². The van der Waals surface area contributed by atoms with Crippen LogP contribution in [0.3, 0.4) is 0 Å². The molecule has 0 amide bonds. The van der Waals surface area contributed by atoms with E-state index in [0.717, 1.165) is 25.9 Å². The molecule has 37 heavy (non-hydrogen) atoms. The molecule has 3 rings (SSSR count). The molecule has 1 aliphatic heterocycles. The molecule has 1 aliphatic rings. The van der Waals surface area contributed by atoms with E-state index >= 15 is 0 Å². The third kappa shape index (κ3) is 7.33. The Morgan fingerprint density at radius 3 is 2.59 bits per heavy atom. The van der Waals surface area contributed by atoms with Crippen LogP contribution in [0.25, 0.3) is 0 Å². The summed E-state index contributed by atoms with van der Waals surface area (Å²) in [5.74, 6) is 1.59. The number of piperidine rings is 1. The number of nitrogens with one attached hydrogen (secondary N) is 3. The first-order valence-corrected chi connectivity index (χ1v) is 14.2. The number of allylic oxidation sites excluding steroid dienone is 1. The van der Waals surface area contributed by atoms with E-state index in [4.69, 9.17) is 22.1 Å². The first kappa shape index (κ1) is 28.7. The van der Waals surface area contributed by atoms with Crippen LogP contribution < -0.4 is 26.4 Å². The van der Waals surface area contributed by atoms with Gasteiger partial charge in [-0.2, -0.15) is 4.98 Å². The molecule has 5 N–H and O–H groups in total. The largest absolute Gasteiger partial charge is 0.489 e. The summed E-state index contributed by atoms with van der Waals surface area (Å²) in [7, 11) is -2.23. The van der Waals surface area contributed by atoms with Crippen LogP contribution in [0, 0.1) is 0 Å². The molecule has 1 saturated heterocycles. The van der Waals surface area contributed by atoms with Gasteiger partial charge in [0.25, 0.3) is 0 Å². The Labute approximate surface area is 224 Å². The minimum atomic E-state index is -3.74.